The standard InChI is InChI=1S/C65H110O12S/c1-3-5-7-9-11-13-15-17-19-21-23-25-27-29-31-33-35-37-39-41-43-45-47-49-51-53-55-73-57-59(58-74-65-63(69)64(77-78(70,71)72)62(68)60(56-66)76-65)75-61(67)54-52-50-48-46-44-42-40-38-36-34-32-30-28-26-24-22-20-18-16-14-12-10-8-6-4-2/h6,8,12,14-15,17-18,20-21,23-24,26,30,32,36,38,42,44,59-60,62-66,68-69H,3-5,7,9-11,13,16,19,22,25,27-29,31,33-35,37,39-41,43,45-58H2,1-2H3,(H,70,71,72)/b8-6-,14-12-,17-15-,20-18-,23-21-,26-24-,32-30-,38-36-,44-42-. The molecule has 1 aliphatic rings. The fraction of sp³-hybridized carbons (Fsp3) is 0.708. The van der Waals surface area contributed by atoms with Gasteiger partial charge in [-0.3, -0.25) is 9.35 Å². The molecule has 1 aliphatic heterocycles. The van der Waals surface area contributed by atoms with Gasteiger partial charge in [-0.15, -0.1) is 0 Å². The van der Waals surface area contributed by atoms with Gasteiger partial charge in [0, 0.05) is 13.0 Å². The zero-order valence-corrected chi connectivity index (χ0v) is 49.5. The van der Waals surface area contributed by atoms with Crippen LogP contribution in [-0.4, -0.2) is 97.5 Å². The van der Waals surface area contributed by atoms with E-state index in [-0.39, 0.29) is 19.6 Å². The van der Waals surface area contributed by atoms with Crippen molar-refractivity contribution in [2.45, 2.75) is 269 Å². The van der Waals surface area contributed by atoms with E-state index in [0.717, 1.165) is 89.9 Å². The lowest BCUT2D eigenvalue weighted by Gasteiger charge is -2.41. The average molecular weight is 1120 g/mol. The molecule has 0 bridgehead atoms. The van der Waals surface area contributed by atoms with Crippen molar-refractivity contribution in [2.24, 2.45) is 0 Å². The molecule has 0 aromatic carbocycles. The molecule has 78 heavy (non-hydrogen) atoms. The summed E-state index contributed by atoms with van der Waals surface area (Å²) >= 11 is 0. The van der Waals surface area contributed by atoms with Crippen LogP contribution in [0.3, 0.4) is 0 Å². The van der Waals surface area contributed by atoms with Gasteiger partial charge >= 0.3 is 16.4 Å². The van der Waals surface area contributed by atoms with Crippen molar-refractivity contribution in [3.8, 4) is 0 Å². The van der Waals surface area contributed by atoms with Crippen molar-refractivity contribution in [3.63, 3.8) is 0 Å². The Morgan fingerprint density at radius 1 is 0.500 bits per heavy atom. The van der Waals surface area contributed by atoms with Gasteiger partial charge in [-0.25, -0.2) is 4.18 Å². The van der Waals surface area contributed by atoms with E-state index in [1.165, 1.54) is 116 Å². The molecule has 0 amide bonds. The molecule has 1 saturated heterocycles. The lowest BCUT2D eigenvalue weighted by atomic mass is 9.99. The Balaban J connectivity index is 2.31. The molecule has 4 N–H and O–H groups in total. The Hall–Kier alpha value is -3.24. The van der Waals surface area contributed by atoms with E-state index < -0.39 is 59.8 Å². The molecule has 0 saturated carbocycles. The number of hydrogen-bond acceptors (Lipinski definition) is 11. The fourth-order valence-electron chi connectivity index (χ4n) is 8.80. The lowest BCUT2D eigenvalue weighted by Crippen LogP contribution is -2.60. The van der Waals surface area contributed by atoms with Gasteiger partial charge in [-0.05, 0) is 103 Å². The predicted octanol–water partition coefficient (Wildman–Crippen LogP) is 15.9. The number of unbranched alkanes of at least 4 members (excludes halogenated alkanes) is 22. The highest BCUT2D eigenvalue weighted by atomic mass is 32.3. The van der Waals surface area contributed by atoms with Gasteiger partial charge in [-0.2, -0.15) is 8.42 Å². The van der Waals surface area contributed by atoms with Crippen LogP contribution in [-0.2, 0) is 38.3 Å². The van der Waals surface area contributed by atoms with Crippen LogP contribution in [0.4, 0.5) is 0 Å². The minimum atomic E-state index is -5.08. The number of aliphatic hydroxyl groups is 3. The summed E-state index contributed by atoms with van der Waals surface area (Å²) in [5.41, 5.74) is 0. The number of allylic oxidation sites excluding steroid dienone is 18. The molecule has 12 nitrogen and oxygen atoms in total. The molecule has 0 spiro atoms. The third kappa shape index (κ3) is 46.5. The van der Waals surface area contributed by atoms with Crippen molar-refractivity contribution < 1.29 is 56.2 Å². The minimum absolute atomic E-state index is 0.0158. The maximum atomic E-state index is 13.0. The van der Waals surface area contributed by atoms with E-state index in [1.807, 2.05) is 0 Å². The molecular formula is C65H110O12S. The van der Waals surface area contributed by atoms with Gasteiger partial charge in [0.1, 0.15) is 30.5 Å². The third-order valence-electron chi connectivity index (χ3n) is 13.4. The second-order valence-corrected chi connectivity index (χ2v) is 21.6. The highest BCUT2D eigenvalue weighted by molar-refractivity contribution is 7.80. The molecule has 0 radical (unpaired) electrons. The van der Waals surface area contributed by atoms with Crippen molar-refractivity contribution in [2.75, 3.05) is 26.4 Å². The van der Waals surface area contributed by atoms with Gasteiger partial charge in [0.15, 0.2) is 6.29 Å². The van der Waals surface area contributed by atoms with Crippen LogP contribution < -0.4 is 0 Å². The molecule has 1 fully saturated rings. The SMILES string of the molecule is CC/C=C\C/C=C\C/C=C\C/C=C\C/C=C\C/C=C\C/C=C\CCCCCC(=O)OC(COCCCCCCCCCCCCCCCC/C=C\C/C=C\CCCCCCC)COC1OC(CO)C(O)C(OS(=O)(=O)O)C1O. The average Bonchev–Trinajstić information content (AvgIpc) is 3.46. The molecule has 0 aromatic heterocycles. The Morgan fingerprint density at radius 2 is 0.885 bits per heavy atom. The quantitative estimate of drug-likeness (QED) is 0.0196. The number of ether oxygens (including phenoxy) is 4. The first kappa shape index (κ1) is 72.8. The van der Waals surface area contributed by atoms with Crippen molar-refractivity contribution in [3.05, 3.63) is 109 Å². The Kier molecular flexibility index (Phi) is 50.7. The smallest absolute Gasteiger partial charge is 0.397 e. The highest BCUT2D eigenvalue weighted by Gasteiger charge is 2.48. The van der Waals surface area contributed by atoms with Crippen LogP contribution in [0.1, 0.15) is 232 Å². The zero-order valence-electron chi connectivity index (χ0n) is 48.7. The number of aliphatic hydroxyl groups excluding tert-OH is 3. The summed E-state index contributed by atoms with van der Waals surface area (Å²) in [4.78, 5) is 13.0. The number of carbonyl (C=O) groups is 1. The maximum Gasteiger partial charge on any atom is 0.397 e. The van der Waals surface area contributed by atoms with Crippen LogP contribution in [0.15, 0.2) is 109 Å². The molecule has 448 valence electrons. The van der Waals surface area contributed by atoms with E-state index in [0.29, 0.717) is 13.0 Å². The van der Waals surface area contributed by atoms with Crippen molar-refractivity contribution in [1.29, 1.82) is 0 Å². The summed E-state index contributed by atoms with van der Waals surface area (Å²) in [7, 11) is -5.08. The fourth-order valence-corrected chi connectivity index (χ4v) is 9.31. The molecule has 13 heteroatoms. The van der Waals surface area contributed by atoms with Crippen LogP contribution >= 0.6 is 0 Å². The van der Waals surface area contributed by atoms with Gasteiger partial charge in [0.25, 0.3) is 0 Å². The molecular weight excluding hydrogens is 1000 g/mol. The number of esters is 1. The molecule has 1 heterocycles. The van der Waals surface area contributed by atoms with Crippen LogP contribution in [0.2, 0.25) is 0 Å². The lowest BCUT2D eigenvalue weighted by molar-refractivity contribution is -0.301. The monoisotopic (exact) mass is 1110 g/mol. The normalized spacial score (nSPS) is 19.2. The first-order valence-electron chi connectivity index (χ1n) is 30.6. The van der Waals surface area contributed by atoms with Gasteiger partial charge in [0.05, 0.1) is 19.8 Å². The molecule has 0 aromatic rings. The largest absolute Gasteiger partial charge is 0.457 e. The van der Waals surface area contributed by atoms with E-state index >= 15 is 0 Å². The zero-order chi connectivity index (χ0) is 56.7. The van der Waals surface area contributed by atoms with Crippen molar-refractivity contribution >= 4 is 16.4 Å². The van der Waals surface area contributed by atoms with Crippen LogP contribution in [0, 0.1) is 0 Å². The number of carbonyl (C=O) groups excluding carboxylic acids is 1. The predicted molar refractivity (Wildman–Crippen MR) is 321 cm³/mol. The summed E-state index contributed by atoms with van der Waals surface area (Å²) in [6.07, 6.45) is 68.4. The maximum absolute atomic E-state index is 13.0. The van der Waals surface area contributed by atoms with Crippen molar-refractivity contribution in [1.82, 2.24) is 0 Å². The van der Waals surface area contributed by atoms with Crippen LogP contribution in [0.5, 0.6) is 0 Å². The molecule has 6 unspecified atom stereocenters. The van der Waals surface area contributed by atoms with Gasteiger partial charge < -0.3 is 34.3 Å². The Labute approximate surface area is 475 Å². The van der Waals surface area contributed by atoms with E-state index in [1.54, 1.807) is 0 Å². The second kappa shape index (κ2) is 54.4. The topological polar surface area (TPSA) is 178 Å². The molecule has 0 aliphatic carbocycles. The summed E-state index contributed by atoms with van der Waals surface area (Å²) < 4.78 is 59.5. The second-order valence-electron chi connectivity index (χ2n) is 20.6. The first-order chi connectivity index (χ1) is 38.1. The summed E-state index contributed by atoms with van der Waals surface area (Å²) in [6.45, 7) is 3.84. The number of rotatable bonds is 53. The van der Waals surface area contributed by atoms with Crippen LogP contribution in [0.25, 0.3) is 0 Å². The number of hydrogen-bond donors (Lipinski definition) is 4. The summed E-state index contributed by atoms with van der Waals surface area (Å²) in [5.74, 6) is -0.432. The summed E-state index contributed by atoms with van der Waals surface area (Å²) in [6, 6.07) is 0. The van der Waals surface area contributed by atoms with E-state index in [4.69, 9.17) is 18.9 Å². The third-order valence-corrected chi connectivity index (χ3v) is 13.8. The Morgan fingerprint density at radius 3 is 1.29 bits per heavy atom. The highest BCUT2D eigenvalue weighted by Crippen LogP contribution is 2.26. The molecule has 6 atom stereocenters. The van der Waals surface area contributed by atoms with E-state index in [2.05, 4.69) is 127 Å². The van der Waals surface area contributed by atoms with Gasteiger partial charge in [-0.1, -0.05) is 232 Å². The Bertz CT molecular complexity index is 1760. The minimum Gasteiger partial charge on any atom is -0.457 e. The summed E-state index contributed by atoms with van der Waals surface area (Å²) in [5, 5.41) is 30.9. The van der Waals surface area contributed by atoms with E-state index in [9.17, 15) is 33.1 Å². The first-order valence-corrected chi connectivity index (χ1v) is 32.0. The molecule has 1 rings (SSSR count). The van der Waals surface area contributed by atoms with Gasteiger partial charge in [0.2, 0.25) is 0 Å².